The molecule has 1 fully saturated rings. The average molecular weight is 470 g/mol. The average Bonchev–Trinajstić information content (AvgIpc) is 2.80. The number of carbonyl (C=O) groups is 3. The number of hydrogen-bond acceptors (Lipinski definition) is 5. The number of nitrogens with one attached hydrogen (secondary N) is 2. The van der Waals surface area contributed by atoms with Crippen molar-refractivity contribution in [2.24, 2.45) is 0 Å². The maximum absolute atomic E-state index is 13.0. The maximum atomic E-state index is 13.0. The van der Waals surface area contributed by atoms with Crippen LogP contribution in [0.1, 0.15) is 17.5 Å². The van der Waals surface area contributed by atoms with E-state index in [0.29, 0.717) is 25.1 Å². The third kappa shape index (κ3) is 7.50. The number of thiocarbonyl (C=S) groups is 1. The molecule has 2 aromatic rings. The van der Waals surface area contributed by atoms with Gasteiger partial charge in [0.05, 0.1) is 13.0 Å². The van der Waals surface area contributed by atoms with Gasteiger partial charge in [-0.25, -0.2) is 4.39 Å². The fourth-order valence-corrected chi connectivity index (χ4v) is 3.59. The standard InChI is InChI=1S/C24H24FN3O4S/c25-19-9-6-18(7-10-19)8-11-21(29)27-24(33)28-14-13-26-23(31)20(28)16-22(30)32-15-12-17-4-2-1-3-5-17/h1-11,20H,12-16H2,(H,26,31)(H,27,29,33)/b11-8+. The summed E-state index contributed by atoms with van der Waals surface area (Å²) in [5, 5.41) is 5.29. The van der Waals surface area contributed by atoms with Gasteiger partial charge in [-0.3, -0.25) is 19.7 Å². The SMILES string of the molecule is O=C(/C=C/c1ccc(F)cc1)NC(=S)N1CCNC(=O)C1CC(=O)OCCc1ccccc1. The molecule has 0 bridgehead atoms. The smallest absolute Gasteiger partial charge is 0.308 e. The van der Waals surface area contributed by atoms with Gasteiger partial charge < -0.3 is 15.0 Å². The summed E-state index contributed by atoms with van der Waals surface area (Å²) < 4.78 is 18.3. The summed E-state index contributed by atoms with van der Waals surface area (Å²) in [4.78, 5) is 38.5. The molecule has 0 radical (unpaired) electrons. The number of nitrogens with zero attached hydrogens (tertiary/aromatic N) is 1. The third-order valence-corrected chi connectivity index (χ3v) is 5.31. The summed E-state index contributed by atoms with van der Waals surface area (Å²) in [6.45, 7) is 0.876. The molecule has 0 saturated carbocycles. The summed E-state index contributed by atoms with van der Waals surface area (Å²) in [7, 11) is 0. The van der Waals surface area contributed by atoms with Gasteiger partial charge in [0.15, 0.2) is 5.11 Å². The number of amides is 2. The Morgan fingerprint density at radius 1 is 1.18 bits per heavy atom. The molecule has 1 atom stereocenters. The molecular formula is C24H24FN3O4S. The number of carbonyl (C=O) groups excluding carboxylic acids is 3. The Kier molecular flexibility index (Phi) is 8.65. The van der Waals surface area contributed by atoms with Crippen LogP contribution in [0.3, 0.4) is 0 Å². The van der Waals surface area contributed by atoms with E-state index in [1.807, 2.05) is 30.3 Å². The first-order valence-corrected chi connectivity index (χ1v) is 10.9. The molecule has 0 aliphatic carbocycles. The topological polar surface area (TPSA) is 87.7 Å². The molecule has 2 amide bonds. The van der Waals surface area contributed by atoms with Crippen LogP contribution in [-0.2, 0) is 25.5 Å². The van der Waals surface area contributed by atoms with Gasteiger partial charge in [0.2, 0.25) is 11.8 Å². The van der Waals surface area contributed by atoms with Gasteiger partial charge in [-0.1, -0.05) is 42.5 Å². The Balaban J connectivity index is 1.52. The zero-order valence-electron chi connectivity index (χ0n) is 17.8. The number of halogens is 1. The van der Waals surface area contributed by atoms with E-state index in [2.05, 4.69) is 10.6 Å². The van der Waals surface area contributed by atoms with Gasteiger partial charge in [0, 0.05) is 25.6 Å². The van der Waals surface area contributed by atoms with Crippen molar-refractivity contribution < 1.29 is 23.5 Å². The minimum Gasteiger partial charge on any atom is -0.465 e. The van der Waals surface area contributed by atoms with Crippen molar-refractivity contribution >= 4 is 41.2 Å². The molecule has 1 aliphatic rings. The van der Waals surface area contributed by atoms with Crippen LogP contribution in [0, 0.1) is 5.82 Å². The second kappa shape index (κ2) is 11.9. The molecule has 2 N–H and O–H groups in total. The molecule has 1 saturated heterocycles. The van der Waals surface area contributed by atoms with Crippen molar-refractivity contribution in [2.45, 2.75) is 18.9 Å². The molecule has 3 rings (SSSR count). The first-order chi connectivity index (χ1) is 15.9. The van der Waals surface area contributed by atoms with Crippen LogP contribution in [-0.4, -0.2) is 53.5 Å². The van der Waals surface area contributed by atoms with Gasteiger partial charge in [-0.05, 0) is 41.6 Å². The third-order valence-electron chi connectivity index (χ3n) is 4.98. The molecule has 1 unspecified atom stereocenters. The number of ether oxygens (including phenoxy) is 1. The zero-order chi connectivity index (χ0) is 23.6. The highest BCUT2D eigenvalue weighted by atomic mass is 32.1. The Labute approximate surface area is 196 Å². The molecule has 33 heavy (non-hydrogen) atoms. The molecule has 2 aromatic carbocycles. The number of rotatable bonds is 7. The molecule has 9 heteroatoms. The predicted molar refractivity (Wildman–Crippen MR) is 125 cm³/mol. The van der Waals surface area contributed by atoms with Crippen LogP contribution in [0.15, 0.2) is 60.7 Å². The van der Waals surface area contributed by atoms with E-state index < -0.39 is 17.9 Å². The van der Waals surface area contributed by atoms with Crippen LogP contribution in [0.5, 0.6) is 0 Å². The van der Waals surface area contributed by atoms with E-state index >= 15 is 0 Å². The number of hydrogen-bond donors (Lipinski definition) is 2. The predicted octanol–water partition coefficient (Wildman–Crippen LogP) is 2.22. The van der Waals surface area contributed by atoms with E-state index in [0.717, 1.165) is 5.56 Å². The molecule has 1 heterocycles. The minimum absolute atomic E-state index is 0.0423. The Morgan fingerprint density at radius 3 is 2.64 bits per heavy atom. The minimum atomic E-state index is -0.878. The van der Waals surface area contributed by atoms with E-state index in [1.165, 1.54) is 41.3 Å². The quantitative estimate of drug-likeness (QED) is 0.367. The van der Waals surface area contributed by atoms with Gasteiger partial charge in [0.1, 0.15) is 11.9 Å². The highest BCUT2D eigenvalue weighted by molar-refractivity contribution is 7.80. The monoisotopic (exact) mass is 469 g/mol. The molecule has 0 aromatic heterocycles. The lowest BCUT2D eigenvalue weighted by Crippen LogP contribution is -2.60. The Morgan fingerprint density at radius 2 is 1.91 bits per heavy atom. The lowest BCUT2D eigenvalue weighted by Gasteiger charge is -2.36. The summed E-state index contributed by atoms with van der Waals surface area (Å²) in [5.41, 5.74) is 1.69. The van der Waals surface area contributed by atoms with Gasteiger partial charge in [0.25, 0.3) is 0 Å². The van der Waals surface area contributed by atoms with Gasteiger partial charge in [-0.2, -0.15) is 0 Å². The zero-order valence-corrected chi connectivity index (χ0v) is 18.6. The molecule has 7 nitrogen and oxygen atoms in total. The van der Waals surface area contributed by atoms with Crippen molar-refractivity contribution in [1.82, 2.24) is 15.5 Å². The fraction of sp³-hybridized carbons (Fsp3) is 0.250. The highest BCUT2D eigenvalue weighted by Gasteiger charge is 2.34. The lowest BCUT2D eigenvalue weighted by molar-refractivity contribution is -0.147. The van der Waals surface area contributed by atoms with Crippen molar-refractivity contribution in [3.8, 4) is 0 Å². The first kappa shape index (κ1) is 24.1. The summed E-state index contributed by atoms with van der Waals surface area (Å²) in [6, 6.07) is 14.4. The van der Waals surface area contributed by atoms with Crippen molar-refractivity contribution in [3.63, 3.8) is 0 Å². The first-order valence-electron chi connectivity index (χ1n) is 10.4. The van der Waals surface area contributed by atoms with Crippen LogP contribution >= 0.6 is 12.2 Å². The van der Waals surface area contributed by atoms with E-state index in [9.17, 15) is 18.8 Å². The molecule has 0 spiro atoms. The Hall–Kier alpha value is -3.59. The van der Waals surface area contributed by atoms with E-state index in [1.54, 1.807) is 0 Å². The Bertz CT molecular complexity index is 1030. The normalized spacial score (nSPS) is 15.7. The second-order valence-electron chi connectivity index (χ2n) is 7.34. The number of benzene rings is 2. The van der Waals surface area contributed by atoms with E-state index in [4.69, 9.17) is 17.0 Å². The number of piperazine rings is 1. The van der Waals surface area contributed by atoms with Crippen LogP contribution in [0.4, 0.5) is 4.39 Å². The highest BCUT2D eigenvalue weighted by Crippen LogP contribution is 2.11. The van der Waals surface area contributed by atoms with Crippen LogP contribution in [0.25, 0.3) is 6.08 Å². The fourth-order valence-electron chi connectivity index (χ4n) is 3.27. The van der Waals surface area contributed by atoms with Gasteiger partial charge >= 0.3 is 5.97 Å². The van der Waals surface area contributed by atoms with Crippen molar-refractivity contribution in [1.29, 1.82) is 0 Å². The lowest BCUT2D eigenvalue weighted by atomic mass is 10.1. The maximum Gasteiger partial charge on any atom is 0.308 e. The van der Waals surface area contributed by atoms with Crippen molar-refractivity contribution in [3.05, 3.63) is 77.6 Å². The van der Waals surface area contributed by atoms with Crippen LogP contribution < -0.4 is 10.6 Å². The summed E-state index contributed by atoms with van der Waals surface area (Å²) >= 11 is 5.31. The largest absolute Gasteiger partial charge is 0.465 e. The number of esters is 1. The second-order valence-corrected chi connectivity index (χ2v) is 7.73. The van der Waals surface area contributed by atoms with E-state index in [-0.39, 0.29) is 29.9 Å². The molecule has 172 valence electrons. The summed E-state index contributed by atoms with van der Waals surface area (Å²) in [5.74, 6) is -1.76. The van der Waals surface area contributed by atoms with Crippen molar-refractivity contribution in [2.75, 3.05) is 19.7 Å². The molecular weight excluding hydrogens is 445 g/mol. The molecule has 1 aliphatic heterocycles. The van der Waals surface area contributed by atoms with Gasteiger partial charge in [-0.15, -0.1) is 0 Å². The van der Waals surface area contributed by atoms with Crippen LogP contribution in [0.2, 0.25) is 0 Å². The summed E-state index contributed by atoms with van der Waals surface area (Å²) in [6.07, 6.45) is 3.16.